The zero-order valence-corrected chi connectivity index (χ0v) is 16.8. The molecule has 2 aliphatic heterocycles. The average molecular weight is 413 g/mol. The van der Waals surface area contributed by atoms with Crippen LogP contribution in [-0.2, 0) is 26.2 Å². The Morgan fingerprint density at radius 1 is 0.793 bits per heavy atom. The van der Waals surface area contributed by atoms with E-state index in [1.165, 1.54) is 37.1 Å². The Kier molecular flexibility index (Phi) is 5.38. The van der Waals surface area contributed by atoms with Crippen molar-refractivity contribution in [2.75, 3.05) is 22.9 Å². The second-order valence-electron chi connectivity index (χ2n) is 7.30. The van der Waals surface area contributed by atoms with E-state index in [4.69, 9.17) is 0 Å². The van der Waals surface area contributed by atoms with Gasteiger partial charge in [-0.05, 0) is 54.8 Å². The fourth-order valence-electron chi connectivity index (χ4n) is 3.70. The molecule has 0 aromatic heterocycles. The molecule has 2 amide bonds. The Morgan fingerprint density at radius 2 is 1.34 bits per heavy atom. The normalized spacial score (nSPS) is 17.4. The number of imide groups is 1. The molecule has 7 nitrogen and oxygen atoms in total. The maximum Gasteiger partial charge on any atom is 0.240 e. The molecule has 0 saturated carbocycles. The molecule has 2 fully saturated rings. The van der Waals surface area contributed by atoms with Gasteiger partial charge in [0.15, 0.2) is 0 Å². The summed E-state index contributed by atoms with van der Waals surface area (Å²) in [5, 5.41) is 0. The molecule has 2 aromatic rings. The van der Waals surface area contributed by atoms with Gasteiger partial charge < -0.3 is 4.90 Å². The standard InChI is InChI=1S/C21H23N3O4S/c25-20-11-12-21(26)24(20)18-7-9-19(10-8-18)29(27,28)22-15-16-3-5-17(6-4-16)23-13-1-2-14-23/h3-10,22H,1-2,11-15H2. The maximum atomic E-state index is 12.6. The van der Waals surface area contributed by atoms with Gasteiger partial charge in [0.1, 0.15) is 0 Å². The monoisotopic (exact) mass is 413 g/mol. The third kappa shape index (κ3) is 4.18. The molecule has 0 aliphatic carbocycles. The first-order valence-corrected chi connectivity index (χ1v) is 11.2. The van der Waals surface area contributed by atoms with Crippen LogP contribution in [0.15, 0.2) is 53.4 Å². The molecule has 0 atom stereocenters. The van der Waals surface area contributed by atoms with Gasteiger partial charge in [-0.25, -0.2) is 13.1 Å². The van der Waals surface area contributed by atoms with Crippen molar-refractivity contribution >= 4 is 33.2 Å². The van der Waals surface area contributed by atoms with E-state index in [9.17, 15) is 18.0 Å². The second kappa shape index (κ2) is 7.96. The molecule has 0 unspecified atom stereocenters. The highest BCUT2D eigenvalue weighted by atomic mass is 32.2. The van der Waals surface area contributed by atoms with Crippen LogP contribution in [0.2, 0.25) is 0 Å². The van der Waals surface area contributed by atoms with Gasteiger partial charge in [0.2, 0.25) is 21.8 Å². The lowest BCUT2D eigenvalue weighted by atomic mass is 10.2. The van der Waals surface area contributed by atoms with Crippen LogP contribution in [-0.4, -0.2) is 33.3 Å². The van der Waals surface area contributed by atoms with Crippen molar-refractivity contribution in [2.24, 2.45) is 0 Å². The molecule has 8 heteroatoms. The van der Waals surface area contributed by atoms with E-state index in [2.05, 4.69) is 9.62 Å². The van der Waals surface area contributed by atoms with Crippen molar-refractivity contribution in [3.63, 3.8) is 0 Å². The van der Waals surface area contributed by atoms with Gasteiger partial charge in [-0.1, -0.05) is 12.1 Å². The molecule has 2 aromatic carbocycles. The van der Waals surface area contributed by atoms with Crippen LogP contribution >= 0.6 is 0 Å². The number of rotatable bonds is 6. The van der Waals surface area contributed by atoms with E-state index in [1.807, 2.05) is 24.3 Å². The molecule has 1 N–H and O–H groups in total. The summed E-state index contributed by atoms with van der Waals surface area (Å²) in [5.74, 6) is -0.526. The van der Waals surface area contributed by atoms with E-state index in [0.717, 1.165) is 29.2 Å². The second-order valence-corrected chi connectivity index (χ2v) is 9.07. The number of anilines is 2. The molecular formula is C21H23N3O4S. The summed E-state index contributed by atoms with van der Waals surface area (Å²) in [7, 11) is -3.70. The number of amides is 2. The van der Waals surface area contributed by atoms with Crippen molar-refractivity contribution < 1.29 is 18.0 Å². The minimum atomic E-state index is -3.70. The molecule has 0 radical (unpaired) electrons. The first kappa shape index (κ1) is 19.6. The first-order chi connectivity index (χ1) is 13.9. The molecule has 29 heavy (non-hydrogen) atoms. The summed E-state index contributed by atoms with van der Waals surface area (Å²) < 4.78 is 27.8. The van der Waals surface area contributed by atoms with E-state index >= 15 is 0 Å². The van der Waals surface area contributed by atoms with Crippen LogP contribution in [0.3, 0.4) is 0 Å². The smallest absolute Gasteiger partial charge is 0.240 e. The summed E-state index contributed by atoms with van der Waals surface area (Å²) in [6.07, 6.45) is 2.80. The quantitative estimate of drug-likeness (QED) is 0.735. The number of hydrogen-bond donors (Lipinski definition) is 1. The Hall–Kier alpha value is -2.71. The zero-order valence-electron chi connectivity index (χ0n) is 16.0. The zero-order chi connectivity index (χ0) is 20.4. The van der Waals surface area contributed by atoms with Crippen LogP contribution in [0.5, 0.6) is 0 Å². The summed E-state index contributed by atoms with van der Waals surface area (Å²) in [6, 6.07) is 13.7. The summed E-state index contributed by atoms with van der Waals surface area (Å²) >= 11 is 0. The Bertz CT molecular complexity index is 995. The lowest BCUT2D eigenvalue weighted by Crippen LogP contribution is -2.28. The average Bonchev–Trinajstić information content (AvgIpc) is 3.37. The van der Waals surface area contributed by atoms with Gasteiger partial charge in [0.25, 0.3) is 0 Å². The number of carbonyl (C=O) groups is 2. The van der Waals surface area contributed by atoms with Crippen molar-refractivity contribution in [3.8, 4) is 0 Å². The highest BCUT2D eigenvalue weighted by Gasteiger charge is 2.30. The van der Waals surface area contributed by atoms with Crippen LogP contribution < -0.4 is 14.5 Å². The third-order valence-corrected chi connectivity index (χ3v) is 6.75. The van der Waals surface area contributed by atoms with Gasteiger partial charge in [-0.15, -0.1) is 0 Å². The fraction of sp³-hybridized carbons (Fsp3) is 0.333. The predicted octanol–water partition coefficient (Wildman–Crippen LogP) is 2.42. The van der Waals surface area contributed by atoms with Gasteiger partial charge in [0.05, 0.1) is 10.6 Å². The molecular weight excluding hydrogens is 390 g/mol. The minimum Gasteiger partial charge on any atom is -0.372 e. The predicted molar refractivity (Wildman–Crippen MR) is 110 cm³/mol. The molecule has 0 bridgehead atoms. The number of benzene rings is 2. The van der Waals surface area contributed by atoms with Crippen molar-refractivity contribution in [1.29, 1.82) is 0 Å². The lowest BCUT2D eigenvalue weighted by molar-refractivity contribution is -0.121. The topological polar surface area (TPSA) is 86.8 Å². The number of nitrogens with zero attached hydrogens (tertiary/aromatic N) is 2. The van der Waals surface area contributed by atoms with E-state index in [-0.39, 0.29) is 36.1 Å². The number of carbonyl (C=O) groups excluding carboxylic acids is 2. The van der Waals surface area contributed by atoms with Crippen LogP contribution in [0, 0.1) is 0 Å². The SMILES string of the molecule is O=C1CCC(=O)N1c1ccc(S(=O)(=O)NCc2ccc(N3CCCC3)cc2)cc1. The van der Waals surface area contributed by atoms with Crippen LogP contribution in [0.1, 0.15) is 31.2 Å². The van der Waals surface area contributed by atoms with Gasteiger partial charge in [-0.3, -0.25) is 14.5 Å². The summed E-state index contributed by atoms with van der Waals surface area (Å²) in [5.41, 5.74) is 2.44. The number of sulfonamides is 1. The largest absolute Gasteiger partial charge is 0.372 e. The Balaban J connectivity index is 1.40. The van der Waals surface area contributed by atoms with Gasteiger partial charge in [-0.2, -0.15) is 0 Å². The number of hydrogen-bond acceptors (Lipinski definition) is 5. The lowest BCUT2D eigenvalue weighted by Gasteiger charge is -2.17. The Morgan fingerprint density at radius 3 is 1.93 bits per heavy atom. The molecule has 2 heterocycles. The fourth-order valence-corrected chi connectivity index (χ4v) is 4.72. The summed E-state index contributed by atoms with van der Waals surface area (Å²) in [4.78, 5) is 27.1. The molecule has 2 saturated heterocycles. The van der Waals surface area contributed by atoms with E-state index in [1.54, 1.807) is 0 Å². The van der Waals surface area contributed by atoms with Gasteiger partial charge >= 0.3 is 0 Å². The minimum absolute atomic E-state index is 0.0917. The van der Waals surface area contributed by atoms with E-state index < -0.39 is 10.0 Å². The highest BCUT2D eigenvalue weighted by Crippen LogP contribution is 2.24. The Labute approximate surface area is 170 Å². The highest BCUT2D eigenvalue weighted by molar-refractivity contribution is 7.89. The first-order valence-electron chi connectivity index (χ1n) is 9.73. The molecule has 2 aliphatic rings. The molecule has 152 valence electrons. The van der Waals surface area contributed by atoms with Crippen molar-refractivity contribution in [1.82, 2.24) is 4.72 Å². The third-order valence-electron chi connectivity index (χ3n) is 5.33. The molecule has 0 spiro atoms. The number of nitrogens with one attached hydrogen (secondary N) is 1. The summed E-state index contributed by atoms with van der Waals surface area (Å²) in [6.45, 7) is 2.32. The molecule has 4 rings (SSSR count). The maximum absolute atomic E-state index is 12.6. The van der Waals surface area contributed by atoms with E-state index in [0.29, 0.717) is 5.69 Å². The van der Waals surface area contributed by atoms with Crippen molar-refractivity contribution in [2.45, 2.75) is 37.1 Å². The van der Waals surface area contributed by atoms with Crippen LogP contribution in [0.4, 0.5) is 11.4 Å². The van der Waals surface area contributed by atoms with Gasteiger partial charge in [0, 0.05) is 38.2 Å². The van der Waals surface area contributed by atoms with Crippen molar-refractivity contribution in [3.05, 3.63) is 54.1 Å². The van der Waals surface area contributed by atoms with Crippen LogP contribution in [0.25, 0.3) is 0 Å².